The van der Waals surface area contributed by atoms with Crippen molar-refractivity contribution in [2.45, 2.75) is 0 Å². The maximum absolute atomic E-state index is 2.46. The Morgan fingerprint density at radius 3 is 1.24 bits per heavy atom. The lowest BCUT2D eigenvalue weighted by molar-refractivity contribution is 1.18. The summed E-state index contributed by atoms with van der Waals surface area (Å²) in [6.45, 7) is 0. The minimum Gasteiger partial charge on any atom is -0.309 e. The van der Waals surface area contributed by atoms with Gasteiger partial charge in [-0.1, -0.05) is 170 Å². The number of rotatable bonds is 6. The number of benzene rings is 10. The van der Waals surface area contributed by atoms with E-state index >= 15 is 0 Å². The van der Waals surface area contributed by atoms with Gasteiger partial charge in [-0.05, 0) is 105 Å². The van der Waals surface area contributed by atoms with Crippen LogP contribution in [0.3, 0.4) is 0 Å². The summed E-state index contributed by atoms with van der Waals surface area (Å²) in [5, 5.41) is 7.72. The first kappa shape index (κ1) is 35.7. The lowest BCUT2D eigenvalue weighted by Crippen LogP contribution is -1.94. The summed E-state index contributed by atoms with van der Waals surface area (Å²) in [5.41, 5.74) is 16.9. The summed E-state index contributed by atoms with van der Waals surface area (Å²) >= 11 is 1.89. The van der Waals surface area contributed by atoms with Gasteiger partial charge < -0.3 is 9.13 Å². The Hall–Kier alpha value is -7.98. The quantitative estimate of drug-likeness (QED) is 0.158. The van der Waals surface area contributed by atoms with Crippen molar-refractivity contribution in [3.05, 3.63) is 231 Å². The Labute approximate surface area is 368 Å². The Bertz CT molecular complexity index is 3760. The highest BCUT2D eigenvalue weighted by molar-refractivity contribution is 7.26. The van der Waals surface area contributed by atoms with Gasteiger partial charge in [0.25, 0.3) is 0 Å². The molecular formula is C60H38N2S. The number of aromatic nitrogens is 2. The maximum atomic E-state index is 2.46. The molecule has 3 heterocycles. The predicted octanol–water partition coefficient (Wildman–Crippen LogP) is 16.9. The molecule has 0 unspecified atom stereocenters. The summed E-state index contributed by atoms with van der Waals surface area (Å²) < 4.78 is 7.53. The molecule has 0 spiro atoms. The highest BCUT2D eigenvalue weighted by atomic mass is 32.1. The van der Waals surface area contributed by atoms with Gasteiger partial charge in [-0.3, -0.25) is 0 Å². The lowest BCUT2D eigenvalue weighted by Gasteiger charge is -2.11. The van der Waals surface area contributed by atoms with Crippen molar-refractivity contribution >= 4 is 75.1 Å². The second-order valence-electron chi connectivity index (χ2n) is 16.5. The minimum atomic E-state index is 1.15. The van der Waals surface area contributed by atoms with Crippen molar-refractivity contribution in [2.75, 3.05) is 0 Å². The van der Waals surface area contributed by atoms with Crippen LogP contribution in [0.25, 0.3) is 120 Å². The average molecular weight is 819 g/mol. The first-order chi connectivity index (χ1) is 31.2. The van der Waals surface area contributed by atoms with E-state index in [2.05, 4.69) is 240 Å². The van der Waals surface area contributed by atoms with Crippen LogP contribution in [0.1, 0.15) is 0 Å². The SMILES string of the molecule is c1ccc(-c2ccc3c(c2)c2cc(-c4ccccc4)ccc2n3-c2ccc(-c3ccc(-c4ccc(-n5c6ccccc6c6ccc7c8ccccc8sc7c65)cc4)cc3)cc2)cc1. The van der Waals surface area contributed by atoms with Crippen LogP contribution in [0.2, 0.25) is 0 Å². The average Bonchev–Trinajstić information content (AvgIpc) is 4.02. The molecule has 13 rings (SSSR count). The van der Waals surface area contributed by atoms with Crippen LogP contribution >= 0.6 is 11.3 Å². The van der Waals surface area contributed by atoms with Gasteiger partial charge in [0.2, 0.25) is 0 Å². The molecule has 0 aliphatic heterocycles. The molecule has 0 N–H and O–H groups in total. The highest BCUT2D eigenvalue weighted by Gasteiger charge is 2.19. The van der Waals surface area contributed by atoms with Gasteiger partial charge in [0.1, 0.15) is 0 Å². The van der Waals surface area contributed by atoms with Gasteiger partial charge >= 0.3 is 0 Å². The van der Waals surface area contributed by atoms with Crippen LogP contribution in [0.15, 0.2) is 231 Å². The van der Waals surface area contributed by atoms with E-state index in [4.69, 9.17) is 0 Å². The molecule has 3 heteroatoms. The van der Waals surface area contributed by atoms with Gasteiger partial charge in [-0.2, -0.15) is 0 Å². The first-order valence-corrected chi connectivity index (χ1v) is 22.4. The number of fused-ring (bicyclic) bond motifs is 10. The minimum absolute atomic E-state index is 1.15. The molecule has 3 aromatic heterocycles. The van der Waals surface area contributed by atoms with Crippen molar-refractivity contribution < 1.29 is 0 Å². The Kier molecular flexibility index (Phi) is 8.12. The number of hydrogen-bond acceptors (Lipinski definition) is 1. The van der Waals surface area contributed by atoms with E-state index in [-0.39, 0.29) is 0 Å². The Morgan fingerprint density at radius 1 is 0.254 bits per heavy atom. The highest BCUT2D eigenvalue weighted by Crippen LogP contribution is 2.43. The Morgan fingerprint density at radius 2 is 0.667 bits per heavy atom. The first-order valence-electron chi connectivity index (χ1n) is 21.6. The number of nitrogens with zero attached hydrogens (tertiary/aromatic N) is 2. The fourth-order valence-corrected chi connectivity index (χ4v) is 11.1. The van der Waals surface area contributed by atoms with E-state index in [0.717, 1.165) is 5.69 Å². The van der Waals surface area contributed by atoms with Crippen LogP contribution in [-0.2, 0) is 0 Å². The molecule has 0 fully saturated rings. The van der Waals surface area contributed by atoms with Gasteiger partial charge in [-0.25, -0.2) is 0 Å². The standard InChI is InChI=1S/C60H38N2S/c1-3-11-39(12-4-1)45-27-35-56-53(37-45)54-38-46(40-13-5-2-6-14-40)28-36-57(54)61(56)47-29-23-43(24-30-47)41-19-21-42(22-20-41)44-25-31-48(32-26-44)62-55-17-9-7-15-49(55)51-33-34-52-50-16-8-10-18-58(50)63-60(52)59(51)62/h1-38H. The van der Waals surface area contributed by atoms with Crippen molar-refractivity contribution in [2.24, 2.45) is 0 Å². The van der Waals surface area contributed by atoms with Crippen LogP contribution in [0, 0.1) is 0 Å². The normalized spacial score (nSPS) is 11.8. The molecule has 294 valence electrons. The van der Waals surface area contributed by atoms with E-state index in [0.29, 0.717) is 0 Å². The number of para-hydroxylation sites is 1. The zero-order chi connectivity index (χ0) is 41.4. The number of hydrogen-bond donors (Lipinski definition) is 0. The summed E-state index contributed by atoms with van der Waals surface area (Å²) in [7, 11) is 0. The third-order valence-corrected chi connectivity index (χ3v) is 14.2. The molecule has 0 saturated heterocycles. The van der Waals surface area contributed by atoms with Gasteiger partial charge in [0, 0.05) is 48.4 Å². The smallest absolute Gasteiger partial charge is 0.0719 e. The molecule has 63 heavy (non-hydrogen) atoms. The predicted molar refractivity (Wildman–Crippen MR) is 270 cm³/mol. The van der Waals surface area contributed by atoms with E-state index in [1.807, 2.05) is 11.3 Å². The van der Waals surface area contributed by atoms with E-state index in [1.165, 1.54) is 114 Å². The Balaban J connectivity index is 0.834. The molecule has 0 atom stereocenters. The fourth-order valence-electron chi connectivity index (χ4n) is 9.88. The largest absolute Gasteiger partial charge is 0.309 e. The second kappa shape index (κ2) is 14.3. The molecule has 2 nitrogen and oxygen atoms in total. The molecule has 0 aliphatic rings. The molecule has 0 saturated carbocycles. The summed E-state index contributed by atoms with van der Waals surface area (Å²) in [5.74, 6) is 0. The lowest BCUT2D eigenvalue weighted by atomic mass is 10.00. The van der Waals surface area contributed by atoms with Gasteiger partial charge in [-0.15, -0.1) is 11.3 Å². The van der Waals surface area contributed by atoms with Crippen molar-refractivity contribution in [1.82, 2.24) is 9.13 Å². The van der Waals surface area contributed by atoms with E-state index in [1.54, 1.807) is 0 Å². The molecule has 0 aliphatic carbocycles. The molecule has 0 radical (unpaired) electrons. The van der Waals surface area contributed by atoms with Crippen molar-refractivity contribution in [3.8, 4) is 55.9 Å². The summed E-state index contributed by atoms with van der Waals surface area (Å²) in [6, 6.07) is 84.5. The number of thiophene rings is 1. The van der Waals surface area contributed by atoms with Crippen LogP contribution in [0.4, 0.5) is 0 Å². The van der Waals surface area contributed by atoms with Gasteiger partial charge in [0.05, 0.1) is 26.8 Å². The zero-order valence-electron chi connectivity index (χ0n) is 34.2. The third kappa shape index (κ3) is 5.78. The second-order valence-corrected chi connectivity index (χ2v) is 17.5. The van der Waals surface area contributed by atoms with Crippen LogP contribution in [0.5, 0.6) is 0 Å². The topological polar surface area (TPSA) is 9.86 Å². The van der Waals surface area contributed by atoms with Gasteiger partial charge in [0.15, 0.2) is 0 Å². The van der Waals surface area contributed by atoms with Crippen molar-refractivity contribution in [1.29, 1.82) is 0 Å². The molecule has 13 aromatic rings. The van der Waals surface area contributed by atoms with Crippen molar-refractivity contribution in [3.63, 3.8) is 0 Å². The molecule has 10 aromatic carbocycles. The summed E-state index contributed by atoms with van der Waals surface area (Å²) in [4.78, 5) is 0. The zero-order valence-corrected chi connectivity index (χ0v) is 35.1. The molecule has 0 bridgehead atoms. The van der Waals surface area contributed by atoms with Crippen LogP contribution in [-0.4, -0.2) is 9.13 Å². The van der Waals surface area contributed by atoms with E-state index < -0.39 is 0 Å². The summed E-state index contributed by atoms with van der Waals surface area (Å²) in [6.07, 6.45) is 0. The molecular weight excluding hydrogens is 781 g/mol. The monoisotopic (exact) mass is 818 g/mol. The van der Waals surface area contributed by atoms with E-state index in [9.17, 15) is 0 Å². The van der Waals surface area contributed by atoms with Crippen LogP contribution < -0.4 is 0 Å². The molecule has 0 amide bonds. The maximum Gasteiger partial charge on any atom is 0.0719 e. The third-order valence-electron chi connectivity index (χ3n) is 13.0. The fraction of sp³-hybridized carbons (Fsp3) is 0.